The van der Waals surface area contributed by atoms with Crippen LogP contribution in [0.25, 0.3) is 28.1 Å². The lowest BCUT2D eigenvalue weighted by atomic mass is 10.2. The van der Waals surface area contributed by atoms with Gasteiger partial charge in [0, 0.05) is 5.02 Å². The lowest BCUT2D eigenvalue weighted by Crippen LogP contribution is -1.99. The van der Waals surface area contributed by atoms with Crippen LogP contribution in [0.1, 0.15) is 11.4 Å². The number of rotatable bonds is 2. The average molecular weight is 336 g/mol. The SMILES string of the molecule is Cc1nc2ccccc2nc1-c1nn(-c2cccc(Cl)c2)nc1C. The van der Waals surface area contributed by atoms with Gasteiger partial charge in [-0.15, -0.1) is 5.10 Å². The smallest absolute Gasteiger partial charge is 0.136 e. The van der Waals surface area contributed by atoms with Crippen molar-refractivity contribution in [2.75, 3.05) is 0 Å². The number of hydrogen-bond acceptors (Lipinski definition) is 4. The number of benzene rings is 2. The third-order valence-electron chi connectivity index (χ3n) is 3.79. The second-order valence-electron chi connectivity index (χ2n) is 5.55. The Balaban J connectivity index is 1.87. The van der Waals surface area contributed by atoms with Gasteiger partial charge >= 0.3 is 0 Å². The van der Waals surface area contributed by atoms with E-state index in [-0.39, 0.29) is 0 Å². The highest BCUT2D eigenvalue weighted by Crippen LogP contribution is 2.24. The lowest BCUT2D eigenvalue weighted by Gasteiger charge is -2.04. The van der Waals surface area contributed by atoms with Crippen molar-refractivity contribution in [3.05, 3.63) is 64.9 Å². The van der Waals surface area contributed by atoms with Crippen LogP contribution in [0.3, 0.4) is 0 Å². The summed E-state index contributed by atoms with van der Waals surface area (Å²) in [4.78, 5) is 10.9. The van der Waals surface area contributed by atoms with Gasteiger partial charge in [-0.05, 0) is 44.2 Å². The second-order valence-corrected chi connectivity index (χ2v) is 5.99. The van der Waals surface area contributed by atoms with E-state index in [4.69, 9.17) is 16.6 Å². The Kier molecular flexibility index (Phi) is 3.50. The maximum Gasteiger partial charge on any atom is 0.136 e. The molecule has 0 radical (unpaired) electrons. The van der Waals surface area contributed by atoms with Gasteiger partial charge in [0.15, 0.2) is 0 Å². The van der Waals surface area contributed by atoms with Gasteiger partial charge in [-0.2, -0.15) is 9.90 Å². The van der Waals surface area contributed by atoms with Crippen molar-refractivity contribution in [2.45, 2.75) is 13.8 Å². The van der Waals surface area contributed by atoms with Crippen LogP contribution in [-0.2, 0) is 0 Å². The Morgan fingerprint density at radius 2 is 1.54 bits per heavy atom. The van der Waals surface area contributed by atoms with Gasteiger partial charge in [0.05, 0.1) is 28.1 Å². The van der Waals surface area contributed by atoms with Crippen molar-refractivity contribution < 1.29 is 0 Å². The molecule has 0 aliphatic heterocycles. The van der Waals surface area contributed by atoms with Crippen molar-refractivity contribution in [3.63, 3.8) is 0 Å². The lowest BCUT2D eigenvalue weighted by molar-refractivity contribution is 0.746. The number of aromatic nitrogens is 5. The molecule has 2 aromatic heterocycles. The van der Waals surface area contributed by atoms with Crippen LogP contribution in [0.5, 0.6) is 0 Å². The molecule has 4 rings (SSSR count). The topological polar surface area (TPSA) is 56.5 Å². The molecule has 6 heteroatoms. The molecule has 118 valence electrons. The molecule has 2 aromatic carbocycles. The maximum absolute atomic E-state index is 6.06. The van der Waals surface area contributed by atoms with E-state index in [1.165, 1.54) is 0 Å². The minimum absolute atomic E-state index is 0.644. The molecule has 0 spiro atoms. The van der Waals surface area contributed by atoms with Crippen molar-refractivity contribution in [1.29, 1.82) is 0 Å². The molecule has 0 atom stereocenters. The summed E-state index contributed by atoms with van der Waals surface area (Å²) in [7, 11) is 0. The Morgan fingerprint density at radius 1 is 0.792 bits per heavy atom. The molecule has 5 nitrogen and oxygen atoms in total. The van der Waals surface area contributed by atoms with Gasteiger partial charge in [0.2, 0.25) is 0 Å². The van der Waals surface area contributed by atoms with Gasteiger partial charge in [0.1, 0.15) is 11.4 Å². The Morgan fingerprint density at radius 3 is 2.29 bits per heavy atom. The fraction of sp³-hybridized carbons (Fsp3) is 0.111. The first-order valence-corrected chi connectivity index (χ1v) is 7.93. The van der Waals surface area contributed by atoms with Crippen LogP contribution in [0.15, 0.2) is 48.5 Å². The highest BCUT2D eigenvalue weighted by atomic mass is 35.5. The molecule has 0 aliphatic rings. The summed E-state index contributed by atoms with van der Waals surface area (Å²) in [5.74, 6) is 0. The zero-order chi connectivity index (χ0) is 16.7. The Labute approximate surface area is 143 Å². The predicted octanol–water partition coefficient (Wildman–Crippen LogP) is 4.15. The predicted molar refractivity (Wildman–Crippen MR) is 94.4 cm³/mol. The number of halogens is 1. The monoisotopic (exact) mass is 335 g/mol. The van der Waals surface area contributed by atoms with Crippen molar-refractivity contribution in [3.8, 4) is 17.1 Å². The number of fused-ring (bicyclic) bond motifs is 1. The summed E-state index contributed by atoms with van der Waals surface area (Å²) in [6, 6.07) is 15.2. The third-order valence-corrected chi connectivity index (χ3v) is 4.03. The number of hydrogen-bond donors (Lipinski definition) is 0. The molecule has 0 bridgehead atoms. The van der Waals surface area contributed by atoms with Crippen LogP contribution in [0, 0.1) is 13.8 Å². The van der Waals surface area contributed by atoms with Crippen LogP contribution < -0.4 is 0 Å². The summed E-state index contributed by atoms with van der Waals surface area (Å²) < 4.78 is 0. The van der Waals surface area contributed by atoms with Gasteiger partial charge in [-0.1, -0.05) is 29.8 Å². The molecule has 24 heavy (non-hydrogen) atoms. The summed E-state index contributed by atoms with van der Waals surface area (Å²) >= 11 is 6.06. The minimum atomic E-state index is 0.644. The van der Waals surface area contributed by atoms with Crippen LogP contribution in [-0.4, -0.2) is 25.0 Å². The van der Waals surface area contributed by atoms with Crippen molar-refractivity contribution >= 4 is 22.6 Å². The number of aryl methyl sites for hydroxylation is 2. The molecule has 4 aromatic rings. The highest BCUT2D eigenvalue weighted by Gasteiger charge is 2.16. The van der Waals surface area contributed by atoms with Crippen LogP contribution in [0.2, 0.25) is 5.02 Å². The number of nitrogens with zero attached hydrogens (tertiary/aromatic N) is 5. The summed E-state index contributed by atoms with van der Waals surface area (Å²) in [6.07, 6.45) is 0. The Bertz CT molecular complexity index is 1050. The first kappa shape index (κ1) is 14.8. The summed E-state index contributed by atoms with van der Waals surface area (Å²) in [5, 5.41) is 9.75. The van der Waals surface area contributed by atoms with Gasteiger partial charge < -0.3 is 0 Å². The summed E-state index contributed by atoms with van der Waals surface area (Å²) in [6.45, 7) is 3.85. The van der Waals surface area contributed by atoms with E-state index in [0.717, 1.165) is 39.5 Å². The molecular formula is C18H14ClN5. The van der Waals surface area contributed by atoms with Crippen LogP contribution >= 0.6 is 11.6 Å². The van der Waals surface area contributed by atoms with Crippen LogP contribution in [0.4, 0.5) is 0 Å². The molecule has 0 unspecified atom stereocenters. The van der Waals surface area contributed by atoms with E-state index in [2.05, 4.69) is 15.2 Å². The first-order valence-electron chi connectivity index (χ1n) is 7.55. The van der Waals surface area contributed by atoms with Gasteiger partial charge in [-0.25, -0.2) is 9.97 Å². The molecule has 0 aliphatic carbocycles. The summed E-state index contributed by atoms with van der Waals surface area (Å²) in [5.41, 5.74) is 5.62. The van der Waals surface area contributed by atoms with Crippen molar-refractivity contribution in [2.24, 2.45) is 0 Å². The maximum atomic E-state index is 6.06. The van der Waals surface area contributed by atoms with E-state index in [1.807, 2.05) is 62.4 Å². The normalized spacial score (nSPS) is 11.1. The Hall–Kier alpha value is -2.79. The molecule has 0 saturated heterocycles. The van der Waals surface area contributed by atoms with E-state index >= 15 is 0 Å². The standard InChI is InChI=1S/C18H14ClN5/c1-11-17(21-16-9-4-3-8-15(16)20-11)18-12(2)22-24(23-18)14-7-5-6-13(19)10-14/h3-10H,1-2H3. The van der Waals surface area contributed by atoms with E-state index in [9.17, 15) is 0 Å². The van der Waals surface area contributed by atoms with E-state index in [1.54, 1.807) is 4.80 Å². The molecular weight excluding hydrogens is 322 g/mol. The van der Waals surface area contributed by atoms with Gasteiger partial charge in [-0.3, -0.25) is 0 Å². The van der Waals surface area contributed by atoms with Crippen molar-refractivity contribution in [1.82, 2.24) is 25.0 Å². The molecule has 0 saturated carbocycles. The fourth-order valence-corrected chi connectivity index (χ4v) is 2.81. The first-order chi connectivity index (χ1) is 11.6. The third kappa shape index (κ3) is 2.53. The zero-order valence-corrected chi connectivity index (χ0v) is 14.0. The molecule has 0 N–H and O–H groups in total. The zero-order valence-electron chi connectivity index (χ0n) is 13.2. The van der Waals surface area contributed by atoms with E-state index < -0.39 is 0 Å². The highest BCUT2D eigenvalue weighted by molar-refractivity contribution is 6.30. The number of para-hydroxylation sites is 2. The second kappa shape index (κ2) is 5.69. The average Bonchev–Trinajstić information content (AvgIpc) is 2.96. The molecule has 2 heterocycles. The minimum Gasteiger partial charge on any atom is -0.249 e. The quantitative estimate of drug-likeness (QED) is 0.552. The van der Waals surface area contributed by atoms with Gasteiger partial charge in [0.25, 0.3) is 0 Å². The molecule has 0 fully saturated rings. The fourth-order valence-electron chi connectivity index (χ4n) is 2.63. The largest absolute Gasteiger partial charge is 0.249 e. The molecule has 0 amide bonds. The van der Waals surface area contributed by atoms with E-state index in [0.29, 0.717) is 5.02 Å².